The molecule has 0 atom stereocenters. The third kappa shape index (κ3) is 2.61. The van der Waals surface area contributed by atoms with Crippen LogP contribution in [0.25, 0.3) is 5.69 Å². The van der Waals surface area contributed by atoms with Gasteiger partial charge in [-0.25, -0.2) is 4.68 Å². The van der Waals surface area contributed by atoms with E-state index in [1.54, 1.807) is 0 Å². The second-order valence-electron chi connectivity index (χ2n) is 6.61. The standard InChI is InChI=1S/C18H22N4O2/c19-18(7-10-24-11-8-18)17(23)21-9-6-16-14(13-21)12-20-22(16)15-4-2-1-3-5-15/h1-5,12H,6-11,13,19H2. The number of para-hydroxylation sites is 1. The number of nitrogens with two attached hydrogens (primary N) is 1. The molecule has 0 aliphatic carbocycles. The van der Waals surface area contributed by atoms with Gasteiger partial charge in [0.05, 0.1) is 23.1 Å². The lowest BCUT2D eigenvalue weighted by Crippen LogP contribution is -2.58. The largest absolute Gasteiger partial charge is 0.381 e. The lowest BCUT2D eigenvalue weighted by molar-refractivity contribution is -0.141. The first kappa shape index (κ1) is 15.4. The van der Waals surface area contributed by atoms with Gasteiger partial charge in [0.25, 0.3) is 0 Å². The number of ether oxygens (including phenoxy) is 1. The number of amides is 1. The lowest BCUT2D eigenvalue weighted by atomic mass is 9.89. The Labute approximate surface area is 141 Å². The van der Waals surface area contributed by atoms with E-state index in [9.17, 15) is 4.79 Å². The van der Waals surface area contributed by atoms with Crippen LogP contribution in [0.15, 0.2) is 36.5 Å². The van der Waals surface area contributed by atoms with Crippen LogP contribution in [0.2, 0.25) is 0 Å². The van der Waals surface area contributed by atoms with Crippen LogP contribution in [0.3, 0.4) is 0 Å². The first-order valence-corrected chi connectivity index (χ1v) is 8.45. The summed E-state index contributed by atoms with van der Waals surface area (Å²) < 4.78 is 7.32. The zero-order valence-electron chi connectivity index (χ0n) is 13.6. The Kier molecular flexibility index (Phi) is 3.86. The average molecular weight is 326 g/mol. The van der Waals surface area contributed by atoms with Crippen molar-refractivity contribution in [1.29, 1.82) is 0 Å². The van der Waals surface area contributed by atoms with Gasteiger partial charge < -0.3 is 15.4 Å². The third-order valence-electron chi connectivity index (χ3n) is 5.03. The predicted octanol–water partition coefficient (Wildman–Crippen LogP) is 1.26. The van der Waals surface area contributed by atoms with Gasteiger partial charge in [0.1, 0.15) is 0 Å². The molecule has 6 nitrogen and oxygen atoms in total. The van der Waals surface area contributed by atoms with E-state index < -0.39 is 5.54 Å². The summed E-state index contributed by atoms with van der Waals surface area (Å²) >= 11 is 0. The number of rotatable bonds is 2. The van der Waals surface area contributed by atoms with Crippen LogP contribution in [0.5, 0.6) is 0 Å². The Bertz CT molecular complexity index is 735. The van der Waals surface area contributed by atoms with Crippen LogP contribution in [-0.4, -0.2) is 45.9 Å². The molecule has 2 aromatic rings. The summed E-state index contributed by atoms with van der Waals surface area (Å²) in [6, 6.07) is 10.1. The number of aromatic nitrogens is 2. The molecule has 0 radical (unpaired) electrons. The Hall–Kier alpha value is -2.18. The van der Waals surface area contributed by atoms with Crippen LogP contribution in [0, 0.1) is 0 Å². The van der Waals surface area contributed by atoms with Crippen molar-refractivity contribution in [2.24, 2.45) is 5.73 Å². The van der Waals surface area contributed by atoms with Gasteiger partial charge in [-0.1, -0.05) is 18.2 Å². The average Bonchev–Trinajstić information content (AvgIpc) is 3.05. The van der Waals surface area contributed by atoms with Crippen LogP contribution in [0.4, 0.5) is 0 Å². The molecule has 24 heavy (non-hydrogen) atoms. The second kappa shape index (κ2) is 6.03. The molecule has 1 aromatic heterocycles. The van der Waals surface area contributed by atoms with Gasteiger partial charge in [-0.05, 0) is 25.0 Å². The SMILES string of the molecule is NC1(C(=O)N2CCc3c(cnn3-c3ccccc3)C2)CCOCC1. The number of benzene rings is 1. The molecule has 0 spiro atoms. The summed E-state index contributed by atoms with van der Waals surface area (Å²) in [6.45, 7) is 2.39. The first-order chi connectivity index (χ1) is 11.7. The van der Waals surface area contributed by atoms with Gasteiger partial charge in [-0.15, -0.1) is 0 Å². The highest BCUT2D eigenvalue weighted by Gasteiger charge is 2.40. The fourth-order valence-corrected chi connectivity index (χ4v) is 3.56. The van der Waals surface area contributed by atoms with E-state index in [1.807, 2.05) is 46.1 Å². The van der Waals surface area contributed by atoms with E-state index in [0.717, 1.165) is 17.7 Å². The van der Waals surface area contributed by atoms with Crippen molar-refractivity contribution in [1.82, 2.24) is 14.7 Å². The molecule has 0 unspecified atom stereocenters. The minimum atomic E-state index is -0.773. The summed E-state index contributed by atoms with van der Waals surface area (Å²) in [6.07, 6.45) is 3.86. The smallest absolute Gasteiger partial charge is 0.243 e. The molecule has 1 saturated heterocycles. The van der Waals surface area contributed by atoms with Gasteiger partial charge in [-0.3, -0.25) is 4.79 Å². The van der Waals surface area contributed by atoms with Gasteiger partial charge in [-0.2, -0.15) is 5.10 Å². The maximum absolute atomic E-state index is 12.9. The molecule has 2 aliphatic heterocycles. The lowest BCUT2D eigenvalue weighted by Gasteiger charge is -2.38. The fraction of sp³-hybridized carbons (Fsp3) is 0.444. The molecule has 1 fully saturated rings. The van der Waals surface area contributed by atoms with Crippen LogP contribution in [0.1, 0.15) is 24.1 Å². The van der Waals surface area contributed by atoms with Crippen molar-refractivity contribution >= 4 is 5.91 Å². The minimum Gasteiger partial charge on any atom is -0.381 e. The van der Waals surface area contributed by atoms with Gasteiger partial charge in [0.2, 0.25) is 5.91 Å². The van der Waals surface area contributed by atoms with E-state index in [1.165, 1.54) is 5.69 Å². The van der Waals surface area contributed by atoms with Crippen molar-refractivity contribution in [3.8, 4) is 5.69 Å². The molecule has 1 amide bonds. The highest BCUT2D eigenvalue weighted by Crippen LogP contribution is 2.26. The van der Waals surface area contributed by atoms with Crippen molar-refractivity contribution in [2.75, 3.05) is 19.8 Å². The van der Waals surface area contributed by atoms with E-state index in [2.05, 4.69) is 5.10 Å². The fourth-order valence-electron chi connectivity index (χ4n) is 3.56. The van der Waals surface area contributed by atoms with Crippen molar-refractivity contribution in [3.63, 3.8) is 0 Å². The number of hydrogen-bond donors (Lipinski definition) is 1. The zero-order valence-corrected chi connectivity index (χ0v) is 13.6. The zero-order chi connectivity index (χ0) is 16.6. The molecule has 0 bridgehead atoms. The van der Waals surface area contributed by atoms with Gasteiger partial charge >= 0.3 is 0 Å². The Morgan fingerprint density at radius 1 is 1.21 bits per heavy atom. The molecule has 3 heterocycles. The molecular weight excluding hydrogens is 304 g/mol. The Morgan fingerprint density at radius 2 is 1.96 bits per heavy atom. The van der Waals surface area contributed by atoms with Crippen LogP contribution in [-0.2, 0) is 22.5 Å². The molecule has 4 rings (SSSR count). The number of fused-ring (bicyclic) bond motifs is 1. The van der Waals surface area contributed by atoms with Crippen molar-refractivity contribution in [3.05, 3.63) is 47.8 Å². The maximum Gasteiger partial charge on any atom is 0.243 e. The van der Waals surface area contributed by atoms with Crippen LogP contribution < -0.4 is 5.73 Å². The van der Waals surface area contributed by atoms with E-state index in [-0.39, 0.29) is 5.91 Å². The van der Waals surface area contributed by atoms with E-state index in [0.29, 0.717) is 39.1 Å². The summed E-state index contributed by atoms with van der Waals surface area (Å²) in [4.78, 5) is 14.8. The third-order valence-corrected chi connectivity index (χ3v) is 5.03. The predicted molar refractivity (Wildman–Crippen MR) is 89.7 cm³/mol. The number of nitrogens with zero attached hydrogens (tertiary/aromatic N) is 3. The van der Waals surface area contributed by atoms with Crippen LogP contribution >= 0.6 is 0 Å². The normalized spacial score (nSPS) is 19.8. The van der Waals surface area contributed by atoms with Crippen molar-refractivity contribution in [2.45, 2.75) is 31.3 Å². The van der Waals surface area contributed by atoms with Gasteiger partial charge in [0.15, 0.2) is 0 Å². The highest BCUT2D eigenvalue weighted by molar-refractivity contribution is 5.86. The van der Waals surface area contributed by atoms with Gasteiger partial charge in [0, 0.05) is 38.3 Å². The first-order valence-electron chi connectivity index (χ1n) is 8.45. The summed E-state index contributed by atoms with van der Waals surface area (Å²) in [7, 11) is 0. The molecule has 6 heteroatoms. The molecule has 0 saturated carbocycles. The Balaban J connectivity index is 1.55. The highest BCUT2D eigenvalue weighted by atomic mass is 16.5. The monoisotopic (exact) mass is 326 g/mol. The second-order valence-corrected chi connectivity index (χ2v) is 6.61. The number of carbonyl (C=O) groups is 1. The summed E-state index contributed by atoms with van der Waals surface area (Å²) in [5, 5.41) is 4.52. The molecule has 2 N–H and O–H groups in total. The molecule has 2 aliphatic rings. The van der Waals surface area contributed by atoms with E-state index >= 15 is 0 Å². The maximum atomic E-state index is 12.9. The molecular formula is C18H22N4O2. The molecule has 126 valence electrons. The summed E-state index contributed by atoms with van der Waals surface area (Å²) in [5.41, 5.74) is 8.93. The number of hydrogen-bond acceptors (Lipinski definition) is 4. The summed E-state index contributed by atoms with van der Waals surface area (Å²) in [5.74, 6) is 0.0453. The minimum absolute atomic E-state index is 0.0453. The Morgan fingerprint density at radius 3 is 2.71 bits per heavy atom. The van der Waals surface area contributed by atoms with Crippen molar-refractivity contribution < 1.29 is 9.53 Å². The molecule has 1 aromatic carbocycles. The topological polar surface area (TPSA) is 73.4 Å². The number of carbonyl (C=O) groups excluding carboxylic acids is 1. The quantitative estimate of drug-likeness (QED) is 0.902. The van der Waals surface area contributed by atoms with E-state index in [4.69, 9.17) is 10.5 Å².